The van der Waals surface area contributed by atoms with E-state index in [1.54, 1.807) is 6.07 Å². The molecule has 2 aromatic rings. The molecule has 116 valence electrons. The summed E-state index contributed by atoms with van der Waals surface area (Å²) in [6, 6.07) is 12.9. The van der Waals surface area contributed by atoms with Gasteiger partial charge in [-0.3, -0.25) is 0 Å². The molecule has 0 saturated carbocycles. The van der Waals surface area contributed by atoms with Gasteiger partial charge in [-0.25, -0.2) is 4.39 Å². The zero-order valence-corrected chi connectivity index (χ0v) is 14.1. The van der Waals surface area contributed by atoms with Gasteiger partial charge in [0.1, 0.15) is 5.82 Å². The molecule has 1 atom stereocenters. The van der Waals surface area contributed by atoms with Gasteiger partial charge in [0.25, 0.3) is 0 Å². The van der Waals surface area contributed by atoms with Gasteiger partial charge in [0.2, 0.25) is 0 Å². The molecule has 0 fully saturated rings. The second-order valence-corrected chi connectivity index (χ2v) is 5.91. The Balaban J connectivity index is 2.02. The van der Waals surface area contributed by atoms with Crippen LogP contribution in [0.25, 0.3) is 0 Å². The maximum absolute atomic E-state index is 13.1. The van der Waals surface area contributed by atoms with E-state index in [9.17, 15) is 4.39 Å². The molecule has 2 nitrogen and oxygen atoms in total. The fraction of sp³-hybridized carbons (Fsp3) is 0.235. The van der Waals surface area contributed by atoms with Crippen molar-refractivity contribution in [1.82, 2.24) is 5.32 Å². The lowest BCUT2D eigenvalue weighted by molar-refractivity contribution is 0.627. The second kappa shape index (κ2) is 7.56. The largest absolute Gasteiger partial charge is 0.356 e. The molecular formula is C17H18ClFN2S. The summed E-state index contributed by atoms with van der Waals surface area (Å²) in [5.41, 5.74) is 3.05. The number of rotatable bonds is 4. The Labute approximate surface area is 140 Å². The van der Waals surface area contributed by atoms with Crippen molar-refractivity contribution < 1.29 is 4.39 Å². The van der Waals surface area contributed by atoms with Crippen molar-refractivity contribution in [2.75, 3.05) is 5.32 Å². The monoisotopic (exact) mass is 336 g/mol. The molecule has 0 aliphatic rings. The number of anilines is 1. The molecule has 0 amide bonds. The lowest BCUT2D eigenvalue weighted by atomic mass is 10.0. The number of hydrogen-bond donors (Lipinski definition) is 2. The summed E-state index contributed by atoms with van der Waals surface area (Å²) in [6.45, 7) is 4.15. The van der Waals surface area contributed by atoms with E-state index in [4.69, 9.17) is 23.8 Å². The van der Waals surface area contributed by atoms with Gasteiger partial charge in [-0.2, -0.15) is 0 Å². The molecule has 0 bridgehead atoms. The fourth-order valence-corrected chi connectivity index (χ4v) is 2.56. The van der Waals surface area contributed by atoms with Crippen molar-refractivity contribution in [1.29, 1.82) is 0 Å². The first-order valence-corrected chi connectivity index (χ1v) is 7.87. The Morgan fingerprint density at radius 3 is 2.50 bits per heavy atom. The molecule has 0 aliphatic heterocycles. The van der Waals surface area contributed by atoms with E-state index >= 15 is 0 Å². The number of nitrogens with one attached hydrogen (secondary N) is 2. The van der Waals surface area contributed by atoms with Gasteiger partial charge in [0, 0.05) is 5.69 Å². The van der Waals surface area contributed by atoms with Crippen molar-refractivity contribution in [2.45, 2.75) is 26.3 Å². The summed E-state index contributed by atoms with van der Waals surface area (Å²) < 4.78 is 13.1. The lowest BCUT2D eigenvalue weighted by Gasteiger charge is -2.20. The molecule has 0 aliphatic carbocycles. The number of thiocarbonyl (C=S) groups is 1. The Morgan fingerprint density at radius 1 is 1.23 bits per heavy atom. The van der Waals surface area contributed by atoms with E-state index in [0.29, 0.717) is 10.8 Å². The molecule has 0 aromatic heterocycles. The Hall–Kier alpha value is -1.65. The molecule has 2 rings (SSSR count). The SMILES string of the molecule is CCC(NC(=S)Nc1ccc(F)c(Cl)c1)c1ccc(C)cc1. The quantitative estimate of drug-likeness (QED) is 0.748. The first kappa shape index (κ1) is 16.7. The number of benzene rings is 2. The third-order valence-electron chi connectivity index (χ3n) is 3.37. The van der Waals surface area contributed by atoms with Gasteiger partial charge in [-0.05, 0) is 49.3 Å². The van der Waals surface area contributed by atoms with Gasteiger partial charge in [-0.1, -0.05) is 48.4 Å². The second-order valence-electron chi connectivity index (χ2n) is 5.10. The predicted octanol–water partition coefficient (Wildman–Crippen LogP) is 5.23. The minimum Gasteiger partial charge on any atom is -0.356 e. The van der Waals surface area contributed by atoms with Crippen molar-refractivity contribution in [3.05, 3.63) is 64.4 Å². The summed E-state index contributed by atoms with van der Waals surface area (Å²) >= 11 is 11.1. The highest BCUT2D eigenvalue weighted by atomic mass is 35.5. The topological polar surface area (TPSA) is 24.1 Å². The minimum atomic E-state index is -0.447. The zero-order valence-electron chi connectivity index (χ0n) is 12.5. The van der Waals surface area contributed by atoms with E-state index in [0.717, 1.165) is 6.42 Å². The van der Waals surface area contributed by atoms with Crippen LogP contribution in [0.1, 0.15) is 30.5 Å². The van der Waals surface area contributed by atoms with Gasteiger partial charge >= 0.3 is 0 Å². The average molecular weight is 337 g/mol. The number of aryl methyl sites for hydroxylation is 1. The molecule has 0 spiro atoms. The van der Waals surface area contributed by atoms with Crippen molar-refractivity contribution in [3.63, 3.8) is 0 Å². The van der Waals surface area contributed by atoms with Crippen LogP contribution < -0.4 is 10.6 Å². The summed E-state index contributed by atoms with van der Waals surface area (Å²) in [7, 11) is 0. The van der Waals surface area contributed by atoms with Crippen LogP contribution in [0, 0.1) is 12.7 Å². The molecule has 0 radical (unpaired) electrons. The van der Waals surface area contributed by atoms with Crippen LogP contribution >= 0.6 is 23.8 Å². The van der Waals surface area contributed by atoms with Gasteiger partial charge in [0.15, 0.2) is 5.11 Å². The van der Waals surface area contributed by atoms with Crippen LogP contribution in [-0.2, 0) is 0 Å². The van der Waals surface area contributed by atoms with Crippen LogP contribution in [0.2, 0.25) is 5.02 Å². The number of hydrogen-bond acceptors (Lipinski definition) is 1. The van der Waals surface area contributed by atoms with Crippen LogP contribution in [-0.4, -0.2) is 5.11 Å². The van der Waals surface area contributed by atoms with Crippen molar-refractivity contribution in [3.8, 4) is 0 Å². The first-order chi connectivity index (χ1) is 10.5. The standard InChI is InChI=1S/C17H18ClFN2S/c1-3-16(12-6-4-11(2)5-7-12)21-17(22)20-13-8-9-15(19)14(18)10-13/h4-10,16H,3H2,1-2H3,(H2,20,21,22). The molecule has 2 aromatic carbocycles. The van der Waals surface area contributed by atoms with Crippen molar-refractivity contribution in [2.24, 2.45) is 0 Å². The van der Waals surface area contributed by atoms with Crippen LogP contribution in [0.3, 0.4) is 0 Å². The Kier molecular flexibility index (Phi) is 5.75. The molecule has 2 N–H and O–H groups in total. The molecular weight excluding hydrogens is 319 g/mol. The van der Waals surface area contributed by atoms with Gasteiger partial charge in [-0.15, -0.1) is 0 Å². The molecule has 0 heterocycles. The highest BCUT2D eigenvalue weighted by Crippen LogP contribution is 2.20. The van der Waals surface area contributed by atoms with Crippen LogP contribution in [0.15, 0.2) is 42.5 Å². The maximum Gasteiger partial charge on any atom is 0.171 e. The lowest BCUT2D eigenvalue weighted by Crippen LogP contribution is -2.32. The first-order valence-electron chi connectivity index (χ1n) is 7.08. The third kappa shape index (κ3) is 4.42. The normalized spacial score (nSPS) is 11.8. The molecule has 0 saturated heterocycles. The Bertz CT molecular complexity index is 658. The van der Waals surface area contributed by atoms with Gasteiger partial charge in [0.05, 0.1) is 11.1 Å². The van der Waals surface area contributed by atoms with E-state index < -0.39 is 5.82 Å². The highest BCUT2D eigenvalue weighted by molar-refractivity contribution is 7.80. The average Bonchev–Trinajstić information content (AvgIpc) is 2.49. The number of halogens is 2. The Morgan fingerprint density at radius 2 is 1.91 bits per heavy atom. The van der Waals surface area contributed by atoms with Gasteiger partial charge < -0.3 is 10.6 Å². The molecule has 5 heteroatoms. The molecule has 1 unspecified atom stereocenters. The fourth-order valence-electron chi connectivity index (χ4n) is 2.12. The van der Waals surface area contributed by atoms with Crippen LogP contribution in [0.4, 0.5) is 10.1 Å². The van der Waals surface area contributed by atoms with E-state index in [-0.39, 0.29) is 11.1 Å². The van der Waals surface area contributed by atoms with E-state index in [1.807, 2.05) is 0 Å². The molecule has 22 heavy (non-hydrogen) atoms. The summed E-state index contributed by atoms with van der Waals surface area (Å²) in [5, 5.41) is 6.84. The summed E-state index contributed by atoms with van der Waals surface area (Å²) in [4.78, 5) is 0. The van der Waals surface area contributed by atoms with E-state index in [1.165, 1.54) is 23.3 Å². The minimum absolute atomic E-state index is 0.0679. The predicted molar refractivity (Wildman–Crippen MR) is 95.0 cm³/mol. The summed E-state index contributed by atoms with van der Waals surface area (Å²) in [5.74, 6) is -0.447. The van der Waals surface area contributed by atoms with E-state index in [2.05, 4.69) is 48.7 Å². The maximum atomic E-state index is 13.1. The third-order valence-corrected chi connectivity index (χ3v) is 3.88. The summed E-state index contributed by atoms with van der Waals surface area (Å²) in [6.07, 6.45) is 0.898. The zero-order chi connectivity index (χ0) is 16.1. The van der Waals surface area contributed by atoms with Crippen molar-refractivity contribution >= 4 is 34.6 Å². The van der Waals surface area contributed by atoms with Crippen LogP contribution in [0.5, 0.6) is 0 Å². The highest BCUT2D eigenvalue weighted by Gasteiger charge is 2.11. The smallest absolute Gasteiger partial charge is 0.171 e.